The summed E-state index contributed by atoms with van der Waals surface area (Å²) in [6.45, 7) is 4.60. The summed E-state index contributed by atoms with van der Waals surface area (Å²) in [4.78, 5) is 12.7. The minimum atomic E-state index is -0.107. The summed E-state index contributed by atoms with van der Waals surface area (Å²) in [6.07, 6.45) is 5.52. The first-order valence-electron chi connectivity index (χ1n) is 9.66. The molecule has 2 aromatic rings. The molecule has 1 aliphatic heterocycles. The molecule has 27 heavy (non-hydrogen) atoms. The third-order valence-electron chi connectivity index (χ3n) is 6.08. The van der Waals surface area contributed by atoms with Crippen molar-refractivity contribution in [2.24, 2.45) is 0 Å². The number of hydrogen-bond acceptors (Lipinski definition) is 4. The van der Waals surface area contributed by atoms with Gasteiger partial charge in [-0.2, -0.15) is 0 Å². The summed E-state index contributed by atoms with van der Waals surface area (Å²) in [5.74, 6) is -0.107. The van der Waals surface area contributed by atoms with Crippen LogP contribution in [0.4, 0.5) is 0 Å². The lowest BCUT2D eigenvalue weighted by atomic mass is 9.64. The zero-order chi connectivity index (χ0) is 18.0. The Morgan fingerprint density at radius 3 is 2.59 bits per heavy atom. The number of halogens is 1. The Bertz CT molecular complexity index is 766. The molecule has 6 nitrogen and oxygen atoms in total. The number of nitrogens with zero attached hydrogens (tertiary/aromatic N) is 3. The van der Waals surface area contributed by atoms with Gasteiger partial charge in [0.25, 0.3) is 5.91 Å². The van der Waals surface area contributed by atoms with E-state index in [4.69, 9.17) is 0 Å². The van der Waals surface area contributed by atoms with Crippen molar-refractivity contribution in [2.45, 2.75) is 50.5 Å². The summed E-state index contributed by atoms with van der Waals surface area (Å²) in [5, 5.41) is 15.0. The highest BCUT2D eigenvalue weighted by Crippen LogP contribution is 2.43. The molecule has 1 amide bonds. The molecule has 2 N–H and O–H groups in total. The van der Waals surface area contributed by atoms with E-state index in [1.165, 1.54) is 12.0 Å². The monoisotopic (exact) mass is 389 g/mol. The molecule has 0 radical (unpaired) electrons. The molecule has 0 unspecified atom stereocenters. The van der Waals surface area contributed by atoms with E-state index in [-0.39, 0.29) is 23.7 Å². The fourth-order valence-electron chi connectivity index (χ4n) is 4.24. The van der Waals surface area contributed by atoms with E-state index in [1.54, 1.807) is 0 Å². The molecular formula is C20H28ClN5O. The molecule has 4 rings (SSSR count). The van der Waals surface area contributed by atoms with Gasteiger partial charge in [0.1, 0.15) is 0 Å². The molecule has 0 bridgehead atoms. The van der Waals surface area contributed by atoms with Crippen LogP contribution in [0, 0.1) is 6.92 Å². The van der Waals surface area contributed by atoms with Crippen molar-refractivity contribution in [2.75, 3.05) is 19.6 Å². The van der Waals surface area contributed by atoms with Gasteiger partial charge < -0.3 is 10.6 Å². The van der Waals surface area contributed by atoms with E-state index in [1.807, 2.05) is 17.7 Å². The van der Waals surface area contributed by atoms with E-state index in [0.717, 1.165) is 44.5 Å². The van der Waals surface area contributed by atoms with Crippen molar-refractivity contribution < 1.29 is 4.79 Å². The van der Waals surface area contributed by atoms with Crippen LogP contribution in [-0.2, 0) is 5.41 Å². The van der Waals surface area contributed by atoms with Gasteiger partial charge in [0, 0.05) is 12.0 Å². The van der Waals surface area contributed by atoms with Crippen LogP contribution < -0.4 is 10.6 Å². The van der Waals surface area contributed by atoms with Gasteiger partial charge in [-0.05, 0) is 51.3 Å². The average molecular weight is 390 g/mol. The largest absolute Gasteiger partial charge is 0.350 e. The van der Waals surface area contributed by atoms with E-state index >= 15 is 0 Å². The van der Waals surface area contributed by atoms with Crippen LogP contribution in [-0.4, -0.2) is 40.5 Å². The minimum Gasteiger partial charge on any atom is -0.350 e. The second-order valence-corrected chi connectivity index (χ2v) is 7.63. The highest BCUT2D eigenvalue weighted by atomic mass is 35.5. The Morgan fingerprint density at radius 2 is 1.96 bits per heavy atom. The molecule has 0 atom stereocenters. The predicted octanol–water partition coefficient (Wildman–Crippen LogP) is 2.78. The SMILES string of the molecule is Cc1c(C(=O)NCC2(c3ccccc3)CCC2)nnn1C1CCNCC1.Cl. The van der Waals surface area contributed by atoms with E-state index in [0.29, 0.717) is 18.3 Å². The number of carbonyl (C=O) groups excluding carboxylic acids is 1. The number of benzene rings is 1. The van der Waals surface area contributed by atoms with Crippen molar-refractivity contribution in [3.8, 4) is 0 Å². The number of rotatable bonds is 5. The number of carbonyl (C=O) groups is 1. The molecule has 1 aromatic carbocycles. The van der Waals surface area contributed by atoms with Crippen LogP contribution in [0.3, 0.4) is 0 Å². The topological polar surface area (TPSA) is 71.8 Å². The highest BCUT2D eigenvalue weighted by molar-refractivity contribution is 5.93. The fourth-order valence-corrected chi connectivity index (χ4v) is 4.24. The summed E-state index contributed by atoms with van der Waals surface area (Å²) >= 11 is 0. The molecule has 146 valence electrons. The lowest BCUT2D eigenvalue weighted by molar-refractivity contribution is 0.0922. The number of amides is 1. The molecule has 7 heteroatoms. The summed E-state index contributed by atoms with van der Waals surface area (Å²) in [7, 11) is 0. The van der Waals surface area contributed by atoms with Crippen LogP contribution in [0.2, 0.25) is 0 Å². The smallest absolute Gasteiger partial charge is 0.273 e. The number of piperidine rings is 1. The van der Waals surface area contributed by atoms with Crippen LogP contribution in [0.1, 0.15) is 59.9 Å². The fraction of sp³-hybridized carbons (Fsp3) is 0.550. The van der Waals surface area contributed by atoms with Gasteiger partial charge in [0.2, 0.25) is 0 Å². The summed E-state index contributed by atoms with van der Waals surface area (Å²) in [6, 6.07) is 10.9. The van der Waals surface area contributed by atoms with E-state index < -0.39 is 0 Å². The van der Waals surface area contributed by atoms with Crippen molar-refractivity contribution in [3.63, 3.8) is 0 Å². The van der Waals surface area contributed by atoms with E-state index in [2.05, 4.69) is 45.2 Å². The third-order valence-corrected chi connectivity index (χ3v) is 6.08. The second-order valence-electron chi connectivity index (χ2n) is 7.63. The Labute approximate surface area is 166 Å². The van der Waals surface area contributed by atoms with Crippen LogP contribution in [0.15, 0.2) is 30.3 Å². The molecule has 1 saturated heterocycles. The van der Waals surface area contributed by atoms with Gasteiger partial charge in [-0.3, -0.25) is 4.79 Å². The molecular weight excluding hydrogens is 362 g/mol. The first-order chi connectivity index (χ1) is 12.7. The number of nitrogens with one attached hydrogen (secondary N) is 2. The molecule has 2 aliphatic rings. The standard InChI is InChI=1S/C20H27N5O.ClH/c1-15-18(23-24-25(15)17-8-12-21-13-9-17)19(26)22-14-20(10-5-11-20)16-6-3-2-4-7-16;/h2-4,6-7,17,21H,5,8-14H2,1H3,(H,22,26);1H. The first-order valence-corrected chi connectivity index (χ1v) is 9.66. The van der Waals surface area contributed by atoms with Gasteiger partial charge in [-0.25, -0.2) is 4.68 Å². The molecule has 1 aliphatic carbocycles. The Kier molecular flexibility index (Phi) is 6.17. The molecule has 2 fully saturated rings. The van der Waals surface area contributed by atoms with Crippen molar-refractivity contribution in [1.29, 1.82) is 0 Å². The van der Waals surface area contributed by atoms with Gasteiger partial charge in [0.05, 0.1) is 11.7 Å². The van der Waals surface area contributed by atoms with Gasteiger partial charge in [-0.15, -0.1) is 17.5 Å². The maximum Gasteiger partial charge on any atom is 0.273 e. The molecule has 2 heterocycles. The quantitative estimate of drug-likeness (QED) is 0.824. The lowest BCUT2D eigenvalue weighted by Crippen LogP contribution is -2.45. The Hall–Kier alpha value is -1.92. The Morgan fingerprint density at radius 1 is 1.26 bits per heavy atom. The Balaban J connectivity index is 0.00000210. The van der Waals surface area contributed by atoms with Gasteiger partial charge in [0.15, 0.2) is 5.69 Å². The number of aromatic nitrogens is 3. The predicted molar refractivity (Wildman–Crippen MR) is 107 cm³/mol. The van der Waals surface area contributed by atoms with E-state index in [9.17, 15) is 4.79 Å². The zero-order valence-electron chi connectivity index (χ0n) is 15.8. The molecule has 1 aromatic heterocycles. The van der Waals surface area contributed by atoms with Crippen LogP contribution in [0.5, 0.6) is 0 Å². The summed E-state index contributed by atoms with van der Waals surface area (Å²) in [5.41, 5.74) is 2.74. The van der Waals surface area contributed by atoms with Crippen LogP contribution >= 0.6 is 12.4 Å². The summed E-state index contributed by atoms with van der Waals surface area (Å²) < 4.78 is 1.94. The highest BCUT2D eigenvalue weighted by Gasteiger charge is 2.39. The lowest BCUT2D eigenvalue weighted by Gasteiger charge is -2.42. The van der Waals surface area contributed by atoms with Gasteiger partial charge in [-0.1, -0.05) is 42.0 Å². The van der Waals surface area contributed by atoms with Crippen molar-refractivity contribution in [1.82, 2.24) is 25.6 Å². The minimum absolute atomic E-state index is 0. The third kappa shape index (κ3) is 3.87. The maximum atomic E-state index is 12.7. The van der Waals surface area contributed by atoms with Crippen LogP contribution in [0.25, 0.3) is 0 Å². The average Bonchev–Trinajstić information content (AvgIpc) is 3.04. The molecule has 1 saturated carbocycles. The normalized spacial score (nSPS) is 19.0. The zero-order valence-corrected chi connectivity index (χ0v) is 16.6. The molecule has 0 spiro atoms. The number of hydrogen-bond donors (Lipinski definition) is 2. The van der Waals surface area contributed by atoms with Crippen molar-refractivity contribution in [3.05, 3.63) is 47.3 Å². The van der Waals surface area contributed by atoms with Gasteiger partial charge >= 0.3 is 0 Å². The maximum absolute atomic E-state index is 12.7. The van der Waals surface area contributed by atoms with Crippen molar-refractivity contribution >= 4 is 18.3 Å². The second kappa shape index (κ2) is 8.40. The first kappa shape index (κ1) is 19.8.